The van der Waals surface area contributed by atoms with E-state index in [0.717, 1.165) is 12.1 Å². The number of aliphatic hydroxyl groups excluding tert-OH is 1. The van der Waals surface area contributed by atoms with Gasteiger partial charge in [-0.1, -0.05) is 13.8 Å². The molecule has 116 valence electrons. The summed E-state index contributed by atoms with van der Waals surface area (Å²) >= 11 is 3.11. The third kappa shape index (κ3) is 2.64. The SMILES string of the molecule is CCC1(CC)C(O)CC1Oc1c(Br)cc(F)cc1[N+](=O)[O-]. The van der Waals surface area contributed by atoms with Gasteiger partial charge in [-0.15, -0.1) is 0 Å². The molecule has 0 saturated heterocycles. The highest BCUT2D eigenvalue weighted by Gasteiger charge is 2.54. The fourth-order valence-electron chi connectivity index (χ4n) is 3.01. The van der Waals surface area contributed by atoms with Crippen LogP contribution in [0.1, 0.15) is 33.1 Å². The number of nitro benzene ring substituents is 1. The quantitative estimate of drug-likeness (QED) is 0.639. The highest BCUT2D eigenvalue weighted by molar-refractivity contribution is 9.10. The summed E-state index contributed by atoms with van der Waals surface area (Å²) in [6, 6.07) is 1.98. The Hall–Kier alpha value is -1.21. The maximum Gasteiger partial charge on any atom is 0.315 e. The van der Waals surface area contributed by atoms with Crippen molar-refractivity contribution in [2.24, 2.45) is 5.41 Å². The second-order valence-electron chi connectivity index (χ2n) is 5.29. The summed E-state index contributed by atoms with van der Waals surface area (Å²) in [5.41, 5.74) is -0.814. The van der Waals surface area contributed by atoms with Crippen LogP contribution in [0, 0.1) is 21.3 Å². The van der Waals surface area contributed by atoms with Gasteiger partial charge in [0.25, 0.3) is 0 Å². The van der Waals surface area contributed by atoms with E-state index in [4.69, 9.17) is 4.74 Å². The molecule has 7 heteroatoms. The average molecular weight is 362 g/mol. The normalized spacial score (nSPS) is 23.5. The van der Waals surface area contributed by atoms with Crippen molar-refractivity contribution >= 4 is 21.6 Å². The van der Waals surface area contributed by atoms with Crippen molar-refractivity contribution < 1.29 is 19.2 Å². The summed E-state index contributed by atoms with van der Waals surface area (Å²) in [4.78, 5) is 10.4. The molecule has 1 fully saturated rings. The molecule has 1 aromatic rings. The molecule has 0 spiro atoms. The van der Waals surface area contributed by atoms with Gasteiger partial charge in [0.05, 0.1) is 21.6 Å². The number of nitrogens with zero attached hydrogens (tertiary/aromatic N) is 1. The monoisotopic (exact) mass is 361 g/mol. The number of aliphatic hydroxyl groups is 1. The van der Waals surface area contributed by atoms with E-state index in [1.165, 1.54) is 0 Å². The summed E-state index contributed by atoms with van der Waals surface area (Å²) in [5.74, 6) is -0.684. The van der Waals surface area contributed by atoms with Crippen molar-refractivity contribution in [1.82, 2.24) is 0 Å². The van der Waals surface area contributed by atoms with E-state index in [-0.39, 0.29) is 16.3 Å². The van der Waals surface area contributed by atoms with Crippen LogP contribution < -0.4 is 4.74 Å². The van der Waals surface area contributed by atoms with Crippen molar-refractivity contribution in [1.29, 1.82) is 0 Å². The lowest BCUT2D eigenvalue weighted by molar-refractivity contribution is -0.386. The minimum Gasteiger partial charge on any atom is -0.482 e. The van der Waals surface area contributed by atoms with Crippen molar-refractivity contribution in [3.8, 4) is 5.75 Å². The molecule has 0 aromatic heterocycles. The lowest BCUT2D eigenvalue weighted by atomic mass is 9.60. The molecule has 1 saturated carbocycles. The Morgan fingerprint density at radius 2 is 2.14 bits per heavy atom. The largest absolute Gasteiger partial charge is 0.482 e. The van der Waals surface area contributed by atoms with E-state index in [1.807, 2.05) is 13.8 Å². The molecule has 0 bridgehead atoms. The molecule has 0 radical (unpaired) electrons. The molecular weight excluding hydrogens is 345 g/mol. The van der Waals surface area contributed by atoms with Crippen LogP contribution in [0.5, 0.6) is 5.75 Å². The first-order valence-electron chi connectivity index (χ1n) is 6.83. The Balaban J connectivity index is 2.34. The second kappa shape index (κ2) is 5.88. The van der Waals surface area contributed by atoms with Gasteiger partial charge >= 0.3 is 5.69 Å². The van der Waals surface area contributed by atoms with Crippen LogP contribution in [0.25, 0.3) is 0 Å². The first-order chi connectivity index (χ1) is 9.85. The topological polar surface area (TPSA) is 72.6 Å². The standard InChI is InChI=1S/C14H17BrFNO4/c1-3-14(4-2)11(18)7-12(14)21-13-9(15)5-8(16)6-10(13)17(19)20/h5-6,11-12,18H,3-4,7H2,1-2H3. The van der Waals surface area contributed by atoms with Crippen molar-refractivity contribution in [3.63, 3.8) is 0 Å². The number of hydrogen-bond donors (Lipinski definition) is 1. The van der Waals surface area contributed by atoms with Gasteiger partial charge in [0.2, 0.25) is 5.75 Å². The van der Waals surface area contributed by atoms with Gasteiger partial charge in [-0.25, -0.2) is 4.39 Å². The van der Waals surface area contributed by atoms with E-state index >= 15 is 0 Å². The maximum absolute atomic E-state index is 13.3. The fourth-order valence-corrected chi connectivity index (χ4v) is 3.52. The van der Waals surface area contributed by atoms with Gasteiger partial charge in [-0.05, 0) is 34.8 Å². The highest BCUT2D eigenvalue weighted by Crippen LogP contribution is 2.50. The smallest absolute Gasteiger partial charge is 0.315 e. The van der Waals surface area contributed by atoms with Gasteiger partial charge < -0.3 is 9.84 Å². The molecule has 2 unspecified atom stereocenters. The Morgan fingerprint density at radius 3 is 2.62 bits per heavy atom. The number of benzene rings is 1. The lowest BCUT2D eigenvalue weighted by Gasteiger charge is -2.52. The molecule has 2 atom stereocenters. The van der Waals surface area contributed by atoms with E-state index in [2.05, 4.69) is 15.9 Å². The fraction of sp³-hybridized carbons (Fsp3) is 0.571. The molecule has 1 aliphatic carbocycles. The minimum absolute atomic E-state index is 0.0181. The second-order valence-corrected chi connectivity index (χ2v) is 6.15. The molecule has 1 aromatic carbocycles. The molecule has 1 aliphatic rings. The molecule has 5 nitrogen and oxygen atoms in total. The predicted molar refractivity (Wildman–Crippen MR) is 78.8 cm³/mol. The van der Waals surface area contributed by atoms with E-state index in [0.29, 0.717) is 19.3 Å². The van der Waals surface area contributed by atoms with Gasteiger partial charge in [-0.3, -0.25) is 10.1 Å². The zero-order valence-electron chi connectivity index (χ0n) is 11.8. The third-order valence-electron chi connectivity index (χ3n) is 4.50. The Bertz CT molecular complexity index is 562. The van der Waals surface area contributed by atoms with Crippen LogP contribution in [-0.4, -0.2) is 22.2 Å². The van der Waals surface area contributed by atoms with Crippen LogP contribution in [0.4, 0.5) is 10.1 Å². The van der Waals surface area contributed by atoms with Crippen molar-refractivity contribution in [3.05, 3.63) is 32.5 Å². The third-order valence-corrected chi connectivity index (χ3v) is 5.09. The van der Waals surface area contributed by atoms with Crippen molar-refractivity contribution in [2.75, 3.05) is 0 Å². The summed E-state index contributed by atoms with van der Waals surface area (Å²) in [5, 5.41) is 21.1. The van der Waals surface area contributed by atoms with Gasteiger partial charge in [-0.2, -0.15) is 0 Å². The summed E-state index contributed by atoms with van der Waals surface area (Å²) in [6.45, 7) is 3.91. The Labute approximate surface area is 130 Å². The van der Waals surface area contributed by atoms with Crippen LogP contribution in [0.15, 0.2) is 16.6 Å². The number of rotatable bonds is 5. The molecule has 21 heavy (non-hydrogen) atoms. The van der Waals surface area contributed by atoms with Gasteiger partial charge in [0.15, 0.2) is 0 Å². The number of halogens is 2. The van der Waals surface area contributed by atoms with E-state index in [1.54, 1.807) is 0 Å². The summed E-state index contributed by atoms with van der Waals surface area (Å²) in [6.07, 6.45) is 1.05. The average Bonchev–Trinajstić information content (AvgIpc) is 2.41. The highest BCUT2D eigenvalue weighted by atomic mass is 79.9. The van der Waals surface area contributed by atoms with E-state index < -0.39 is 27.9 Å². The van der Waals surface area contributed by atoms with Crippen molar-refractivity contribution in [2.45, 2.75) is 45.3 Å². The first kappa shape index (κ1) is 16.2. The zero-order chi connectivity index (χ0) is 15.8. The molecule has 1 N–H and O–H groups in total. The maximum atomic E-state index is 13.3. The molecular formula is C14H17BrFNO4. The minimum atomic E-state index is -0.702. The molecule has 0 aliphatic heterocycles. The number of hydrogen-bond acceptors (Lipinski definition) is 4. The number of ether oxygens (including phenoxy) is 1. The number of nitro groups is 1. The predicted octanol–water partition coefficient (Wildman–Crippen LogP) is 3.81. The Morgan fingerprint density at radius 1 is 1.52 bits per heavy atom. The molecule has 0 amide bonds. The molecule has 2 rings (SSSR count). The molecule has 0 heterocycles. The summed E-state index contributed by atoms with van der Waals surface area (Å²) < 4.78 is 19.3. The summed E-state index contributed by atoms with van der Waals surface area (Å²) in [7, 11) is 0. The van der Waals surface area contributed by atoms with Gasteiger partial charge in [0, 0.05) is 11.8 Å². The van der Waals surface area contributed by atoms with Gasteiger partial charge in [0.1, 0.15) is 11.9 Å². The van der Waals surface area contributed by atoms with Crippen LogP contribution in [0.2, 0.25) is 0 Å². The van der Waals surface area contributed by atoms with Crippen LogP contribution in [0.3, 0.4) is 0 Å². The van der Waals surface area contributed by atoms with E-state index in [9.17, 15) is 19.6 Å². The zero-order valence-corrected chi connectivity index (χ0v) is 13.4. The lowest BCUT2D eigenvalue weighted by Crippen LogP contribution is -2.59. The Kier molecular flexibility index (Phi) is 4.53. The van der Waals surface area contributed by atoms with Crippen LogP contribution >= 0.6 is 15.9 Å². The van der Waals surface area contributed by atoms with Crippen LogP contribution in [-0.2, 0) is 0 Å². The first-order valence-corrected chi connectivity index (χ1v) is 7.63.